The standard InChI is InChI=1S/C29H39NO4/c1-21(2)24-9-7-6-8-22(24)19-32-23-10-11-25-26(18-23)33-20-29(25)13-16-30(17-14-29)15-12-27(31)34-28(3,4)5/h6-11,18,21H,12-17,19-20H2,1-5H3. The minimum Gasteiger partial charge on any atom is -0.492 e. The zero-order chi connectivity index (χ0) is 24.3. The van der Waals surface area contributed by atoms with E-state index in [1.54, 1.807) is 0 Å². The van der Waals surface area contributed by atoms with Crippen LogP contribution in [0.5, 0.6) is 11.5 Å². The SMILES string of the molecule is CC(C)c1ccccc1COc1ccc2c(c1)OCC21CCN(CCC(=O)OC(C)(C)C)CC1. The van der Waals surface area contributed by atoms with Gasteiger partial charge in [-0.3, -0.25) is 4.79 Å². The molecule has 184 valence electrons. The molecule has 1 saturated heterocycles. The van der Waals surface area contributed by atoms with E-state index in [9.17, 15) is 4.79 Å². The van der Waals surface area contributed by atoms with E-state index in [4.69, 9.17) is 14.2 Å². The number of carbonyl (C=O) groups excluding carboxylic acids is 1. The fraction of sp³-hybridized carbons (Fsp3) is 0.552. The minimum atomic E-state index is -0.422. The first kappa shape index (κ1) is 24.6. The Morgan fingerprint density at radius 1 is 1.12 bits per heavy atom. The molecule has 2 aliphatic rings. The monoisotopic (exact) mass is 465 g/mol. The largest absolute Gasteiger partial charge is 0.492 e. The van der Waals surface area contributed by atoms with Crippen molar-refractivity contribution >= 4 is 5.97 Å². The summed E-state index contributed by atoms with van der Waals surface area (Å²) in [6.07, 6.45) is 2.52. The highest BCUT2D eigenvalue weighted by Gasteiger charge is 2.43. The van der Waals surface area contributed by atoms with Crippen LogP contribution in [0.25, 0.3) is 0 Å². The predicted molar refractivity (Wildman–Crippen MR) is 135 cm³/mol. The summed E-state index contributed by atoms with van der Waals surface area (Å²) in [6.45, 7) is 14.1. The van der Waals surface area contributed by atoms with E-state index in [1.807, 2.05) is 20.8 Å². The zero-order valence-electron chi connectivity index (χ0n) is 21.4. The van der Waals surface area contributed by atoms with Crippen LogP contribution < -0.4 is 9.47 Å². The van der Waals surface area contributed by atoms with Gasteiger partial charge in [0.1, 0.15) is 23.7 Å². The number of benzene rings is 2. The summed E-state index contributed by atoms with van der Waals surface area (Å²) in [7, 11) is 0. The van der Waals surface area contributed by atoms with Crippen molar-refractivity contribution in [3.05, 3.63) is 59.2 Å². The zero-order valence-corrected chi connectivity index (χ0v) is 21.4. The first-order valence-electron chi connectivity index (χ1n) is 12.6. The summed E-state index contributed by atoms with van der Waals surface area (Å²) < 4.78 is 17.8. The Morgan fingerprint density at radius 3 is 2.56 bits per heavy atom. The van der Waals surface area contributed by atoms with Gasteiger partial charge in [0.05, 0.1) is 13.0 Å². The van der Waals surface area contributed by atoms with E-state index < -0.39 is 5.60 Å². The van der Waals surface area contributed by atoms with Gasteiger partial charge in [-0.2, -0.15) is 0 Å². The van der Waals surface area contributed by atoms with Crippen molar-refractivity contribution in [3.8, 4) is 11.5 Å². The van der Waals surface area contributed by atoms with Crippen LogP contribution in [-0.4, -0.2) is 42.7 Å². The molecule has 2 aromatic carbocycles. The van der Waals surface area contributed by atoms with Crippen molar-refractivity contribution in [2.75, 3.05) is 26.2 Å². The maximum atomic E-state index is 12.1. The third kappa shape index (κ3) is 5.75. The number of likely N-dealkylation sites (tertiary alicyclic amines) is 1. The molecule has 2 aliphatic heterocycles. The second-order valence-electron chi connectivity index (χ2n) is 11.0. The lowest BCUT2D eigenvalue weighted by atomic mass is 9.74. The summed E-state index contributed by atoms with van der Waals surface area (Å²) >= 11 is 0. The molecule has 5 heteroatoms. The van der Waals surface area contributed by atoms with Crippen molar-refractivity contribution in [3.63, 3.8) is 0 Å². The molecule has 1 spiro atoms. The van der Waals surface area contributed by atoms with E-state index in [0.29, 0.717) is 18.9 Å². The molecule has 0 unspecified atom stereocenters. The van der Waals surface area contributed by atoms with E-state index in [0.717, 1.165) is 50.6 Å². The Bertz CT molecular complexity index is 999. The van der Waals surface area contributed by atoms with Gasteiger partial charge in [0.25, 0.3) is 0 Å². The van der Waals surface area contributed by atoms with Crippen LogP contribution in [0.2, 0.25) is 0 Å². The molecule has 0 saturated carbocycles. The highest BCUT2D eigenvalue weighted by molar-refractivity contribution is 5.70. The van der Waals surface area contributed by atoms with Gasteiger partial charge in [-0.25, -0.2) is 0 Å². The summed E-state index contributed by atoms with van der Waals surface area (Å²) in [5.74, 6) is 2.16. The van der Waals surface area contributed by atoms with Gasteiger partial charge in [0.15, 0.2) is 0 Å². The van der Waals surface area contributed by atoms with Crippen molar-refractivity contribution in [1.82, 2.24) is 4.90 Å². The molecule has 0 N–H and O–H groups in total. The van der Waals surface area contributed by atoms with Gasteiger partial charge in [-0.05, 0) is 69.8 Å². The van der Waals surface area contributed by atoms with Gasteiger partial charge in [-0.1, -0.05) is 44.2 Å². The second-order valence-corrected chi connectivity index (χ2v) is 11.0. The highest BCUT2D eigenvalue weighted by atomic mass is 16.6. The lowest BCUT2D eigenvalue weighted by Crippen LogP contribution is -2.44. The van der Waals surface area contributed by atoms with Gasteiger partial charge in [-0.15, -0.1) is 0 Å². The molecule has 4 rings (SSSR count). The van der Waals surface area contributed by atoms with Gasteiger partial charge in [0.2, 0.25) is 0 Å². The van der Waals surface area contributed by atoms with Crippen LogP contribution in [0.15, 0.2) is 42.5 Å². The molecule has 2 heterocycles. The van der Waals surface area contributed by atoms with Crippen LogP contribution in [0.4, 0.5) is 0 Å². The quantitative estimate of drug-likeness (QED) is 0.480. The van der Waals surface area contributed by atoms with Gasteiger partial charge < -0.3 is 19.1 Å². The second kappa shape index (κ2) is 9.99. The smallest absolute Gasteiger partial charge is 0.307 e. The molecule has 0 aliphatic carbocycles. The fourth-order valence-electron chi connectivity index (χ4n) is 5.09. The molecule has 0 radical (unpaired) electrons. The number of hydrogen-bond acceptors (Lipinski definition) is 5. The van der Waals surface area contributed by atoms with Gasteiger partial charge in [0, 0.05) is 23.6 Å². The summed E-state index contributed by atoms with van der Waals surface area (Å²) in [5, 5.41) is 0. The maximum absolute atomic E-state index is 12.1. The third-order valence-corrected chi connectivity index (χ3v) is 6.97. The first-order chi connectivity index (χ1) is 16.2. The topological polar surface area (TPSA) is 48.0 Å². The molecule has 1 fully saturated rings. The average molecular weight is 466 g/mol. The van der Waals surface area contributed by atoms with Crippen LogP contribution in [0.1, 0.15) is 76.5 Å². The van der Waals surface area contributed by atoms with Gasteiger partial charge >= 0.3 is 5.97 Å². The number of carbonyl (C=O) groups is 1. The van der Waals surface area contributed by atoms with Crippen LogP contribution in [0, 0.1) is 0 Å². The van der Waals surface area contributed by atoms with E-state index in [1.165, 1.54) is 16.7 Å². The van der Waals surface area contributed by atoms with Crippen LogP contribution >= 0.6 is 0 Å². The third-order valence-electron chi connectivity index (χ3n) is 6.97. The van der Waals surface area contributed by atoms with E-state index in [2.05, 4.69) is 61.2 Å². The maximum Gasteiger partial charge on any atom is 0.307 e. The first-order valence-corrected chi connectivity index (χ1v) is 12.6. The lowest BCUT2D eigenvalue weighted by Gasteiger charge is -2.38. The van der Waals surface area contributed by atoms with E-state index >= 15 is 0 Å². The van der Waals surface area contributed by atoms with Crippen molar-refractivity contribution < 1.29 is 19.0 Å². The van der Waals surface area contributed by atoms with Crippen molar-refractivity contribution in [2.24, 2.45) is 0 Å². The number of esters is 1. The molecule has 2 aromatic rings. The molecule has 0 aromatic heterocycles. The Morgan fingerprint density at radius 2 is 1.85 bits per heavy atom. The Kier molecular flexibility index (Phi) is 7.22. The molecular formula is C29H39NO4. The number of rotatable bonds is 7. The normalized spacial score (nSPS) is 17.5. The van der Waals surface area contributed by atoms with Crippen LogP contribution in [-0.2, 0) is 21.6 Å². The summed E-state index contributed by atoms with van der Waals surface area (Å²) in [5.41, 5.74) is 3.51. The number of piperidine rings is 1. The molecular weight excluding hydrogens is 426 g/mol. The predicted octanol–water partition coefficient (Wildman–Crippen LogP) is 5.85. The minimum absolute atomic E-state index is 0.0700. The molecule has 0 atom stereocenters. The Balaban J connectivity index is 1.33. The van der Waals surface area contributed by atoms with Crippen molar-refractivity contribution in [1.29, 1.82) is 0 Å². The summed E-state index contributed by atoms with van der Waals surface area (Å²) in [6, 6.07) is 14.8. The van der Waals surface area contributed by atoms with Crippen LogP contribution in [0.3, 0.4) is 0 Å². The number of nitrogens with zero attached hydrogens (tertiary/aromatic N) is 1. The van der Waals surface area contributed by atoms with Crippen molar-refractivity contribution in [2.45, 2.75) is 77.4 Å². The van der Waals surface area contributed by atoms with E-state index in [-0.39, 0.29) is 11.4 Å². The highest BCUT2D eigenvalue weighted by Crippen LogP contribution is 2.46. The summed E-state index contributed by atoms with van der Waals surface area (Å²) in [4.78, 5) is 14.4. The number of fused-ring (bicyclic) bond motifs is 2. The lowest BCUT2D eigenvalue weighted by molar-refractivity contribution is -0.155. The number of ether oxygens (including phenoxy) is 3. The Hall–Kier alpha value is -2.53. The fourth-order valence-corrected chi connectivity index (χ4v) is 5.09. The molecule has 5 nitrogen and oxygen atoms in total. The molecule has 0 bridgehead atoms. The molecule has 34 heavy (non-hydrogen) atoms. The number of hydrogen-bond donors (Lipinski definition) is 0. The average Bonchev–Trinajstić information content (AvgIpc) is 3.13. The molecule has 0 amide bonds. The Labute approximate surface area is 204 Å².